The first-order valence-corrected chi connectivity index (χ1v) is 3.36. The molecule has 1 radical (unpaired) electrons. The van der Waals surface area contributed by atoms with E-state index >= 15 is 0 Å². The highest BCUT2D eigenvalue weighted by Crippen LogP contribution is 1.87. The van der Waals surface area contributed by atoms with Gasteiger partial charge in [-0.25, -0.2) is 4.98 Å². The van der Waals surface area contributed by atoms with Gasteiger partial charge in [0.15, 0.2) is 0 Å². The molecule has 0 amide bonds. The Kier molecular flexibility index (Phi) is 2.66. The van der Waals surface area contributed by atoms with Gasteiger partial charge in [0.05, 0.1) is 12.9 Å². The topological polar surface area (TPSA) is 44.1 Å². The minimum atomic E-state index is -0.251. The third-order valence-corrected chi connectivity index (χ3v) is 1.12. The van der Waals surface area contributed by atoms with Gasteiger partial charge in [-0.3, -0.25) is 4.79 Å². The van der Waals surface area contributed by atoms with Crippen LogP contribution in [0.4, 0.5) is 0 Å². The van der Waals surface area contributed by atoms with E-state index in [1.165, 1.54) is 6.33 Å². The van der Waals surface area contributed by atoms with Crippen LogP contribution in [0.2, 0.25) is 0 Å². The van der Waals surface area contributed by atoms with Gasteiger partial charge in [0.1, 0.15) is 12.7 Å². The quantitative estimate of drug-likeness (QED) is 0.584. The molecule has 0 unspecified atom stereocenters. The van der Waals surface area contributed by atoms with Gasteiger partial charge in [-0.15, -0.1) is 0 Å². The van der Waals surface area contributed by atoms with Crippen molar-refractivity contribution < 1.29 is 9.53 Å². The van der Waals surface area contributed by atoms with Gasteiger partial charge in [0.2, 0.25) is 0 Å². The van der Waals surface area contributed by atoms with Crippen molar-refractivity contribution in [2.24, 2.45) is 0 Å². The normalized spacial score (nSPS) is 9.55. The molecule has 11 heavy (non-hydrogen) atoms. The Morgan fingerprint density at radius 1 is 1.82 bits per heavy atom. The highest BCUT2D eigenvalue weighted by atomic mass is 16.5. The third kappa shape index (κ3) is 2.41. The van der Waals surface area contributed by atoms with Crippen LogP contribution in [0.15, 0.2) is 12.5 Å². The van der Waals surface area contributed by atoms with E-state index in [2.05, 4.69) is 11.2 Å². The number of hydrogen-bond acceptors (Lipinski definition) is 3. The molecule has 0 aliphatic carbocycles. The van der Waals surface area contributed by atoms with Crippen molar-refractivity contribution in [3.05, 3.63) is 18.7 Å². The molecule has 0 fully saturated rings. The average molecular weight is 153 g/mol. The van der Waals surface area contributed by atoms with Gasteiger partial charge in [0.25, 0.3) is 0 Å². The first-order valence-electron chi connectivity index (χ1n) is 3.36. The molecule has 0 bridgehead atoms. The Labute approximate surface area is 64.8 Å². The summed E-state index contributed by atoms with van der Waals surface area (Å²) in [5.41, 5.74) is 0. The highest BCUT2D eigenvalue weighted by Gasteiger charge is 2.00. The lowest BCUT2D eigenvalue weighted by molar-refractivity contribution is -0.143. The van der Waals surface area contributed by atoms with Crippen LogP contribution in [-0.4, -0.2) is 22.1 Å². The Hall–Kier alpha value is -1.32. The zero-order valence-electron chi connectivity index (χ0n) is 6.28. The number of ether oxygens (including phenoxy) is 1. The summed E-state index contributed by atoms with van der Waals surface area (Å²) in [7, 11) is 0. The molecule has 59 valence electrons. The molecule has 4 heteroatoms. The van der Waals surface area contributed by atoms with Crippen molar-refractivity contribution in [2.75, 3.05) is 6.61 Å². The van der Waals surface area contributed by atoms with Crippen LogP contribution in [0.1, 0.15) is 6.92 Å². The zero-order valence-corrected chi connectivity index (χ0v) is 6.28. The number of aromatic nitrogens is 2. The molecule has 1 aromatic rings. The fourth-order valence-electron chi connectivity index (χ4n) is 0.690. The summed E-state index contributed by atoms with van der Waals surface area (Å²) in [6.45, 7) is 2.40. The van der Waals surface area contributed by atoms with Crippen LogP contribution in [-0.2, 0) is 16.1 Å². The lowest BCUT2D eigenvalue weighted by Gasteiger charge is -2.00. The number of rotatable bonds is 3. The predicted molar refractivity (Wildman–Crippen MR) is 37.7 cm³/mol. The number of hydrogen-bond donors (Lipinski definition) is 0. The number of esters is 1. The minimum Gasteiger partial charge on any atom is -0.465 e. The number of imidazole rings is 1. The van der Waals surface area contributed by atoms with Crippen molar-refractivity contribution in [3.63, 3.8) is 0 Å². The number of carbonyl (C=O) groups is 1. The van der Waals surface area contributed by atoms with Crippen molar-refractivity contribution >= 4 is 5.97 Å². The maximum Gasteiger partial charge on any atom is 0.325 e. The molecule has 1 heterocycles. The lowest BCUT2D eigenvalue weighted by atomic mass is 10.6. The van der Waals surface area contributed by atoms with E-state index in [0.717, 1.165) is 0 Å². The van der Waals surface area contributed by atoms with E-state index in [1.807, 2.05) is 0 Å². The fourth-order valence-corrected chi connectivity index (χ4v) is 0.690. The summed E-state index contributed by atoms with van der Waals surface area (Å²) >= 11 is 0. The summed E-state index contributed by atoms with van der Waals surface area (Å²) < 4.78 is 6.32. The Morgan fingerprint density at radius 2 is 2.64 bits per heavy atom. The maximum atomic E-state index is 10.8. The summed E-state index contributed by atoms with van der Waals surface area (Å²) in [6.07, 6.45) is 5.70. The Bertz CT molecular complexity index is 218. The van der Waals surface area contributed by atoms with Crippen LogP contribution in [0.5, 0.6) is 0 Å². The molecular weight excluding hydrogens is 144 g/mol. The van der Waals surface area contributed by atoms with E-state index in [9.17, 15) is 4.79 Å². The third-order valence-electron chi connectivity index (χ3n) is 1.12. The predicted octanol–water partition coefficient (Wildman–Crippen LogP) is 0.246. The van der Waals surface area contributed by atoms with Crippen LogP contribution >= 0.6 is 0 Å². The van der Waals surface area contributed by atoms with Gasteiger partial charge in [-0.2, -0.15) is 0 Å². The van der Waals surface area contributed by atoms with Crippen LogP contribution in [0, 0.1) is 6.20 Å². The molecule has 1 rings (SSSR count). The van der Waals surface area contributed by atoms with E-state index in [0.29, 0.717) is 6.61 Å². The molecule has 0 saturated heterocycles. The van der Waals surface area contributed by atoms with Gasteiger partial charge in [-0.1, -0.05) is 0 Å². The molecule has 0 saturated carbocycles. The SMILES string of the molecule is CCOC(=O)Cn1c[c]nc1. The van der Waals surface area contributed by atoms with Gasteiger partial charge in [0, 0.05) is 6.20 Å². The molecule has 0 aliphatic rings. The molecule has 0 atom stereocenters. The molecule has 0 aliphatic heterocycles. The first kappa shape index (κ1) is 7.78. The summed E-state index contributed by atoms with van der Waals surface area (Å²) in [5.74, 6) is -0.251. The second kappa shape index (κ2) is 3.75. The van der Waals surface area contributed by atoms with Crippen molar-refractivity contribution in [1.29, 1.82) is 0 Å². The summed E-state index contributed by atoms with van der Waals surface area (Å²) in [4.78, 5) is 14.5. The van der Waals surface area contributed by atoms with Crippen LogP contribution in [0.3, 0.4) is 0 Å². The van der Waals surface area contributed by atoms with Crippen LogP contribution < -0.4 is 0 Å². The van der Waals surface area contributed by atoms with Crippen LogP contribution in [0.25, 0.3) is 0 Å². The summed E-state index contributed by atoms with van der Waals surface area (Å²) in [5, 5.41) is 0. The smallest absolute Gasteiger partial charge is 0.325 e. The van der Waals surface area contributed by atoms with Crippen molar-refractivity contribution in [2.45, 2.75) is 13.5 Å². The van der Waals surface area contributed by atoms with Crippen molar-refractivity contribution in [3.8, 4) is 0 Å². The minimum absolute atomic E-state index is 0.213. The zero-order chi connectivity index (χ0) is 8.10. The molecule has 0 N–H and O–H groups in total. The van der Waals surface area contributed by atoms with E-state index in [4.69, 9.17) is 4.74 Å². The molecule has 0 aromatic carbocycles. The highest BCUT2D eigenvalue weighted by molar-refractivity contribution is 5.69. The lowest BCUT2D eigenvalue weighted by Crippen LogP contribution is -2.11. The second-order valence-corrected chi connectivity index (χ2v) is 1.98. The van der Waals surface area contributed by atoms with E-state index < -0.39 is 0 Å². The molecule has 4 nitrogen and oxygen atoms in total. The molecule has 1 aromatic heterocycles. The van der Waals surface area contributed by atoms with Crippen molar-refractivity contribution in [1.82, 2.24) is 9.55 Å². The fraction of sp³-hybridized carbons (Fsp3) is 0.429. The van der Waals surface area contributed by atoms with Gasteiger partial charge in [-0.05, 0) is 6.92 Å². The van der Waals surface area contributed by atoms with E-state index in [1.54, 1.807) is 17.7 Å². The Balaban J connectivity index is 2.37. The Morgan fingerprint density at radius 3 is 3.18 bits per heavy atom. The molecular formula is C7H9N2O2. The van der Waals surface area contributed by atoms with Gasteiger partial charge < -0.3 is 9.30 Å². The number of carbonyl (C=O) groups excluding carboxylic acids is 1. The second-order valence-electron chi connectivity index (χ2n) is 1.98. The molecule has 0 spiro atoms. The largest absolute Gasteiger partial charge is 0.465 e. The van der Waals surface area contributed by atoms with Gasteiger partial charge >= 0.3 is 5.97 Å². The average Bonchev–Trinajstić information content (AvgIpc) is 2.40. The summed E-state index contributed by atoms with van der Waals surface area (Å²) in [6, 6.07) is 0. The number of nitrogens with zero attached hydrogens (tertiary/aromatic N) is 2. The first-order chi connectivity index (χ1) is 5.33. The standard InChI is InChI=1S/C7H9N2O2/c1-2-11-7(10)5-9-4-3-8-6-9/h4,6H,2,5H2,1H3. The van der Waals surface area contributed by atoms with E-state index in [-0.39, 0.29) is 12.5 Å². The monoisotopic (exact) mass is 153 g/mol. The maximum absolute atomic E-state index is 10.8.